The molecular formula is C22H23N3O2S. The number of nitrogens with zero attached hydrogens (tertiary/aromatic N) is 3. The number of thioether (sulfide) groups is 1. The minimum Gasteiger partial charge on any atom is -0.339 e. The van der Waals surface area contributed by atoms with Crippen LogP contribution in [-0.4, -0.2) is 39.8 Å². The van der Waals surface area contributed by atoms with Crippen LogP contribution in [0.3, 0.4) is 0 Å². The van der Waals surface area contributed by atoms with Crippen molar-refractivity contribution in [3.05, 3.63) is 77.4 Å². The fraction of sp³-hybridized carbons (Fsp3) is 0.318. The lowest BCUT2D eigenvalue weighted by molar-refractivity contribution is 0.0784. The van der Waals surface area contributed by atoms with Gasteiger partial charge in [0.15, 0.2) is 5.82 Å². The molecule has 1 amide bonds. The van der Waals surface area contributed by atoms with E-state index in [1.54, 1.807) is 11.8 Å². The van der Waals surface area contributed by atoms with Crippen molar-refractivity contribution >= 4 is 17.7 Å². The first-order chi connectivity index (χ1) is 13.7. The Kier molecular flexibility index (Phi) is 5.48. The van der Waals surface area contributed by atoms with Gasteiger partial charge in [0.05, 0.1) is 11.5 Å². The molecule has 2 aromatic carbocycles. The second-order valence-corrected chi connectivity index (χ2v) is 8.25. The number of hydrogen-bond acceptors (Lipinski definition) is 5. The molecule has 0 bridgehead atoms. The third kappa shape index (κ3) is 3.69. The SMILES string of the molecule is CCSc1ccccc1C(=O)N1CC(c2ccccc2)C(c2nc(C)no2)C1. The summed E-state index contributed by atoms with van der Waals surface area (Å²) < 4.78 is 5.49. The predicted molar refractivity (Wildman–Crippen MR) is 110 cm³/mol. The molecule has 1 saturated heterocycles. The number of carbonyl (C=O) groups is 1. The van der Waals surface area contributed by atoms with Crippen molar-refractivity contribution in [1.29, 1.82) is 0 Å². The maximum atomic E-state index is 13.3. The van der Waals surface area contributed by atoms with E-state index in [0.29, 0.717) is 24.8 Å². The first kappa shape index (κ1) is 18.7. The third-order valence-electron chi connectivity index (χ3n) is 5.11. The molecule has 2 heterocycles. The molecule has 28 heavy (non-hydrogen) atoms. The molecular weight excluding hydrogens is 370 g/mol. The van der Waals surface area contributed by atoms with Crippen molar-refractivity contribution in [2.45, 2.75) is 30.6 Å². The van der Waals surface area contributed by atoms with Gasteiger partial charge in [-0.15, -0.1) is 11.8 Å². The highest BCUT2D eigenvalue weighted by molar-refractivity contribution is 7.99. The Morgan fingerprint density at radius 2 is 1.82 bits per heavy atom. The van der Waals surface area contributed by atoms with Gasteiger partial charge < -0.3 is 9.42 Å². The molecule has 3 aromatic rings. The lowest BCUT2D eigenvalue weighted by Gasteiger charge is -2.18. The monoisotopic (exact) mass is 393 g/mol. The van der Waals surface area contributed by atoms with E-state index in [1.807, 2.05) is 54.3 Å². The van der Waals surface area contributed by atoms with Crippen molar-refractivity contribution in [2.24, 2.45) is 0 Å². The summed E-state index contributed by atoms with van der Waals surface area (Å²) in [6, 6.07) is 18.1. The summed E-state index contributed by atoms with van der Waals surface area (Å²) >= 11 is 1.70. The minimum atomic E-state index is -0.00135. The standard InChI is InChI=1S/C22H23N3O2S/c1-3-28-20-12-8-7-11-17(20)22(26)25-13-18(16-9-5-4-6-10-16)19(14-25)21-23-15(2)24-27-21/h4-12,18-19H,3,13-14H2,1-2H3. The highest BCUT2D eigenvalue weighted by atomic mass is 32.2. The smallest absolute Gasteiger partial charge is 0.255 e. The van der Waals surface area contributed by atoms with Gasteiger partial charge >= 0.3 is 0 Å². The van der Waals surface area contributed by atoms with Crippen LogP contribution >= 0.6 is 11.8 Å². The number of hydrogen-bond donors (Lipinski definition) is 0. The van der Waals surface area contributed by atoms with Crippen LogP contribution < -0.4 is 0 Å². The van der Waals surface area contributed by atoms with Crippen LogP contribution in [0.1, 0.15) is 46.4 Å². The summed E-state index contributed by atoms with van der Waals surface area (Å²) in [5.74, 6) is 2.36. The van der Waals surface area contributed by atoms with Crippen LogP contribution in [0.4, 0.5) is 0 Å². The quantitative estimate of drug-likeness (QED) is 0.597. The molecule has 1 fully saturated rings. The number of aromatic nitrogens is 2. The van der Waals surface area contributed by atoms with E-state index in [2.05, 4.69) is 29.2 Å². The van der Waals surface area contributed by atoms with E-state index in [9.17, 15) is 4.79 Å². The molecule has 1 aromatic heterocycles. The first-order valence-electron chi connectivity index (χ1n) is 9.53. The largest absolute Gasteiger partial charge is 0.339 e. The average Bonchev–Trinajstić information content (AvgIpc) is 3.35. The van der Waals surface area contributed by atoms with Gasteiger partial charge in [0.1, 0.15) is 0 Å². The number of carbonyl (C=O) groups excluding carboxylic acids is 1. The topological polar surface area (TPSA) is 59.2 Å². The Morgan fingerprint density at radius 1 is 1.11 bits per heavy atom. The maximum absolute atomic E-state index is 13.3. The van der Waals surface area contributed by atoms with Gasteiger partial charge in [0, 0.05) is 23.9 Å². The molecule has 2 atom stereocenters. The van der Waals surface area contributed by atoms with Crippen LogP contribution in [0.15, 0.2) is 64.0 Å². The lowest BCUT2D eigenvalue weighted by atomic mass is 9.89. The number of amides is 1. The average molecular weight is 394 g/mol. The van der Waals surface area contributed by atoms with Gasteiger partial charge in [-0.05, 0) is 30.4 Å². The summed E-state index contributed by atoms with van der Waals surface area (Å²) in [7, 11) is 0. The van der Waals surface area contributed by atoms with E-state index in [1.165, 1.54) is 5.56 Å². The van der Waals surface area contributed by atoms with Crippen LogP contribution in [0.2, 0.25) is 0 Å². The van der Waals surface area contributed by atoms with Crippen molar-refractivity contribution < 1.29 is 9.32 Å². The summed E-state index contributed by atoms with van der Waals surface area (Å²) in [4.78, 5) is 20.8. The third-order valence-corrected chi connectivity index (χ3v) is 6.07. The van der Waals surface area contributed by atoms with Crippen molar-refractivity contribution in [1.82, 2.24) is 15.0 Å². The predicted octanol–water partition coefficient (Wildman–Crippen LogP) is 4.51. The molecule has 144 valence electrons. The van der Waals surface area contributed by atoms with Gasteiger partial charge in [-0.2, -0.15) is 4.98 Å². The highest BCUT2D eigenvalue weighted by Crippen LogP contribution is 2.40. The Bertz CT molecular complexity index is 957. The molecule has 1 aliphatic heterocycles. The van der Waals surface area contributed by atoms with Crippen molar-refractivity contribution in [2.75, 3.05) is 18.8 Å². The van der Waals surface area contributed by atoms with Gasteiger partial charge in [-0.3, -0.25) is 4.79 Å². The number of benzene rings is 2. The van der Waals surface area contributed by atoms with E-state index in [4.69, 9.17) is 4.52 Å². The van der Waals surface area contributed by atoms with E-state index in [-0.39, 0.29) is 17.7 Å². The lowest BCUT2D eigenvalue weighted by Crippen LogP contribution is -2.29. The Balaban J connectivity index is 1.65. The zero-order valence-corrected chi connectivity index (χ0v) is 16.9. The highest BCUT2D eigenvalue weighted by Gasteiger charge is 2.40. The van der Waals surface area contributed by atoms with Crippen LogP contribution in [0.25, 0.3) is 0 Å². The second-order valence-electron chi connectivity index (χ2n) is 6.94. The summed E-state index contributed by atoms with van der Waals surface area (Å²) in [6.45, 7) is 5.13. The Hall–Kier alpha value is -2.60. The molecule has 2 unspecified atom stereocenters. The van der Waals surface area contributed by atoms with Gasteiger partial charge in [0.2, 0.25) is 5.89 Å². The second kappa shape index (κ2) is 8.19. The van der Waals surface area contributed by atoms with Crippen LogP contribution in [0.5, 0.6) is 0 Å². The minimum absolute atomic E-state index is 0.00135. The summed E-state index contributed by atoms with van der Waals surface area (Å²) in [5, 5.41) is 3.96. The normalized spacial score (nSPS) is 19.1. The fourth-order valence-electron chi connectivity index (χ4n) is 3.82. The fourth-order valence-corrected chi connectivity index (χ4v) is 4.61. The summed E-state index contributed by atoms with van der Waals surface area (Å²) in [5.41, 5.74) is 1.96. The van der Waals surface area contributed by atoms with Crippen LogP contribution in [0, 0.1) is 6.92 Å². The van der Waals surface area contributed by atoms with Gasteiger partial charge in [-0.25, -0.2) is 0 Å². The van der Waals surface area contributed by atoms with Crippen molar-refractivity contribution in [3.8, 4) is 0 Å². The molecule has 0 N–H and O–H groups in total. The first-order valence-corrected chi connectivity index (χ1v) is 10.5. The molecule has 4 rings (SSSR count). The molecule has 0 radical (unpaired) electrons. The van der Waals surface area contributed by atoms with E-state index >= 15 is 0 Å². The zero-order chi connectivity index (χ0) is 19.5. The Labute approximate surface area is 169 Å². The zero-order valence-electron chi connectivity index (χ0n) is 16.0. The molecule has 5 nitrogen and oxygen atoms in total. The number of likely N-dealkylation sites (tertiary alicyclic amines) is 1. The van der Waals surface area contributed by atoms with Gasteiger partial charge in [-0.1, -0.05) is 54.5 Å². The summed E-state index contributed by atoms with van der Waals surface area (Å²) in [6.07, 6.45) is 0. The van der Waals surface area contributed by atoms with Gasteiger partial charge in [0.25, 0.3) is 5.91 Å². The Morgan fingerprint density at radius 3 is 2.54 bits per heavy atom. The van der Waals surface area contributed by atoms with Crippen LogP contribution in [-0.2, 0) is 0 Å². The molecule has 0 saturated carbocycles. The molecule has 1 aliphatic rings. The number of rotatable bonds is 5. The molecule has 6 heteroatoms. The number of aryl methyl sites for hydroxylation is 1. The maximum Gasteiger partial charge on any atom is 0.255 e. The van der Waals surface area contributed by atoms with E-state index in [0.717, 1.165) is 16.2 Å². The molecule has 0 aliphatic carbocycles. The van der Waals surface area contributed by atoms with Crippen molar-refractivity contribution in [3.63, 3.8) is 0 Å². The van der Waals surface area contributed by atoms with E-state index < -0.39 is 0 Å². The molecule has 0 spiro atoms.